The van der Waals surface area contributed by atoms with E-state index >= 15 is 0 Å². The molecule has 0 unspecified atom stereocenters. The summed E-state index contributed by atoms with van der Waals surface area (Å²) in [5.41, 5.74) is 2.61. The van der Waals surface area contributed by atoms with Crippen molar-refractivity contribution < 1.29 is 13.6 Å². The molecule has 1 fully saturated rings. The highest BCUT2D eigenvalue weighted by Crippen LogP contribution is 2.30. The molecule has 1 aromatic heterocycles. The number of aromatic nitrogens is 1. The van der Waals surface area contributed by atoms with Gasteiger partial charge in [-0.3, -0.25) is 14.7 Å². The number of nitrogens with one attached hydrogen (secondary N) is 1. The first-order chi connectivity index (χ1) is 15.6. The van der Waals surface area contributed by atoms with Crippen molar-refractivity contribution in [2.45, 2.75) is 31.8 Å². The van der Waals surface area contributed by atoms with Gasteiger partial charge in [0.1, 0.15) is 0 Å². The Balaban J connectivity index is 1.40. The molecule has 4 rings (SSSR count). The molecule has 0 saturated carbocycles. The Kier molecular flexibility index (Phi) is 7.22. The molecule has 1 saturated heterocycles. The topological polar surface area (TPSA) is 45.2 Å². The van der Waals surface area contributed by atoms with Crippen molar-refractivity contribution >= 4 is 5.91 Å². The fraction of sp³-hybridized carbons (Fsp3) is 0.308. The Morgan fingerprint density at radius 1 is 0.969 bits per heavy atom. The predicted octanol–water partition coefficient (Wildman–Crippen LogP) is 4.67. The smallest absolute Gasteiger partial charge is 0.224 e. The largest absolute Gasteiger partial charge is 0.347 e. The molecule has 1 N–H and O–H groups in total. The van der Waals surface area contributed by atoms with Crippen LogP contribution in [0.15, 0.2) is 72.9 Å². The van der Waals surface area contributed by atoms with E-state index in [1.165, 1.54) is 12.1 Å². The Morgan fingerprint density at radius 3 is 2.41 bits per heavy atom. The van der Waals surface area contributed by atoms with Gasteiger partial charge < -0.3 is 5.32 Å². The van der Waals surface area contributed by atoms with Crippen LogP contribution in [0.2, 0.25) is 0 Å². The van der Waals surface area contributed by atoms with E-state index in [-0.39, 0.29) is 17.9 Å². The zero-order valence-corrected chi connectivity index (χ0v) is 17.9. The van der Waals surface area contributed by atoms with Gasteiger partial charge in [-0.1, -0.05) is 42.5 Å². The lowest BCUT2D eigenvalue weighted by Gasteiger charge is -2.36. The number of benzene rings is 2. The number of carbonyl (C=O) groups excluding carboxylic acids is 1. The van der Waals surface area contributed by atoms with E-state index in [2.05, 4.69) is 15.2 Å². The number of halogens is 2. The third-order valence-corrected chi connectivity index (χ3v) is 6.02. The minimum absolute atomic E-state index is 0.0175. The summed E-state index contributed by atoms with van der Waals surface area (Å²) in [5.74, 6) is -1.40. The van der Waals surface area contributed by atoms with Crippen molar-refractivity contribution in [2.75, 3.05) is 13.1 Å². The number of rotatable bonds is 7. The van der Waals surface area contributed by atoms with Crippen LogP contribution in [0, 0.1) is 17.6 Å². The second kappa shape index (κ2) is 10.5. The summed E-state index contributed by atoms with van der Waals surface area (Å²) < 4.78 is 26.7. The van der Waals surface area contributed by atoms with E-state index in [0.29, 0.717) is 13.0 Å². The SMILES string of the molecule is O=C(Cc1ccccc1)N[C@H](c1ccccn1)C1CCN(Cc2ccc(F)c(F)c2)CC1. The van der Waals surface area contributed by atoms with Crippen LogP contribution in [0.4, 0.5) is 8.78 Å². The van der Waals surface area contributed by atoms with Gasteiger partial charge in [-0.05, 0) is 67.2 Å². The number of likely N-dealkylation sites (tertiary alicyclic amines) is 1. The number of pyridine rings is 1. The number of hydrogen-bond acceptors (Lipinski definition) is 3. The van der Waals surface area contributed by atoms with Crippen molar-refractivity contribution in [3.05, 3.63) is 101 Å². The third-order valence-electron chi connectivity index (χ3n) is 6.02. The molecule has 1 atom stereocenters. The van der Waals surface area contributed by atoms with Crippen LogP contribution in [0.3, 0.4) is 0 Å². The molecule has 6 heteroatoms. The molecule has 0 bridgehead atoms. The highest BCUT2D eigenvalue weighted by atomic mass is 19.2. The standard InChI is InChI=1S/C26H27F2N3O/c27-22-10-9-20(16-23(22)28)18-31-14-11-21(12-15-31)26(24-8-4-5-13-29-24)30-25(32)17-19-6-2-1-3-7-19/h1-10,13,16,21,26H,11-12,14-15,17-18H2,(H,30,32)/t26-/m0/s1. The fourth-order valence-corrected chi connectivity index (χ4v) is 4.34. The number of nitrogens with zero attached hydrogens (tertiary/aromatic N) is 2. The first-order valence-corrected chi connectivity index (χ1v) is 11.0. The molecular weight excluding hydrogens is 408 g/mol. The quantitative estimate of drug-likeness (QED) is 0.587. The zero-order valence-electron chi connectivity index (χ0n) is 17.9. The lowest BCUT2D eigenvalue weighted by Crippen LogP contribution is -2.41. The summed E-state index contributed by atoms with van der Waals surface area (Å²) in [7, 11) is 0. The second-order valence-electron chi connectivity index (χ2n) is 8.32. The highest BCUT2D eigenvalue weighted by Gasteiger charge is 2.29. The molecule has 32 heavy (non-hydrogen) atoms. The van der Waals surface area contributed by atoms with Crippen LogP contribution >= 0.6 is 0 Å². The molecule has 0 spiro atoms. The van der Waals surface area contributed by atoms with E-state index in [1.807, 2.05) is 48.5 Å². The minimum Gasteiger partial charge on any atom is -0.347 e. The Hall–Kier alpha value is -3.12. The van der Waals surface area contributed by atoms with Crippen LogP contribution < -0.4 is 5.32 Å². The van der Waals surface area contributed by atoms with Gasteiger partial charge >= 0.3 is 0 Å². The van der Waals surface area contributed by atoms with Gasteiger partial charge in [-0.2, -0.15) is 0 Å². The molecule has 1 aliphatic heterocycles. The molecule has 4 nitrogen and oxygen atoms in total. The van der Waals surface area contributed by atoms with Crippen molar-refractivity contribution in [1.82, 2.24) is 15.2 Å². The fourth-order valence-electron chi connectivity index (χ4n) is 4.34. The van der Waals surface area contributed by atoms with Crippen LogP contribution in [0.1, 0.15) is 35.7 Å². The average Bonchev–Trinajstić information content (AvgIpc) is 2.82. The summed E-state index contributed by atoms with van der Waals surface area (Å²) in [5, 5.41) is 3.22. The number of piperidine rings is 1. The highest BCUT2D eigenvalue weighted by molar-refractivity contribution is 5.79. The summed E-state index contributed by atoms with van der Waals surface area (Å²) in [4.78, 5) is 19.5. The van der Waals surface area contributed by atoms with Crippen molar-refractivity contribution in [2.24, 2.45) is 5.92 Å². The number of carbonyl (C=O) groups is 1. The molecule has 0 radical (unpaired) electrons. The van der Waals surface area contributed by atoms with Gasteiger partial charge in [0.25, 0.3) is 0 Å². The van der Waals surface area contributed by atoms with Gasteiger partial charge in [0, 0.05) is 12.7 Å². The molecular formula is C26H27F2N3O. The molecule has 1 aliphatic rings. The van der Waals surface area contributed by atoms with Gasteiger partial charge in [0.2, 0.25) is 5.91 Å². The number of amides is 1. The van der Waals surface area contributed by atoms with Gasteiger partial charge in [-0.15, -0.1) is 0 Å². The maximum atomic E-state index is 13.5. The van der Waals surface area contributed by atoms with Crippen molar-refractivity contribution in [3.8, 4) is 0 Å². The molecule has 2 aromatic carbocycles. The first kappa shape index (κ1) is 22.1. The second-order valence-corrected chi connectivity index (χ2v) is 8.32. The van der Waals surface area contributed by atoms with E-state index < -0.39 is 11.6 Å². The van der Waals surface area contributed by atoms with Crippen molar-refractivity contribution in [1.29, 1.82) is 0 Å². The van der Waals surface area contributed by atoms with Gasteiger partial charge in [-0.25, -0.2) is 8.78 Å². The van der Waals surface area contributed by atoms with E-state index in [0.717, 1.165) is 42.8 Å². The molecule has 166 valence electrons. The summed E-state index contributed by atoms with van der Waals surface area (Å²) >= 11 is 0. The van der Waals surface area contributed by atoms with E-state index in [4.69, 9.17) is 0 Å². The average molecular weight is 436 g/mol. The molecule has 0 aliphatic carbocycles. The maximum Gasteiger partial charge on any atom is 0.224 e. The minimum atomic E-state index is -0.822. The molecule has 1 amide bonds. The first-order valence-electron chi connectivity index (χ1n) is 11.0. The van der Waals surface area contributed by atoms with Gasteiger partial charge in [0.05, 0.1) is 18.2 Å². The molecule has 2 heterocycles. The van der Waals surface area contributed by atoms with Crippen LogP contribution in [0.25, 0.3) is 0 Å². The number of hydrogen-bond donors (Lipinski definition) is 1. The Labute approximate surface area is 187 Å². The predicted molar refractivity (Wildman–Crippen MR) is 120 cm³/mol. The van der Waals surface area contributed by atoms with E-state index in [9.17, 15) is 13.6 Å². The summed E-state index contributed by atoms with van der Waals surface area (Å²) in [6.45, 7) is 2.22. The molecule has 3 aromatic rings. The third kappa shape index (κ3) is 5.77. The summed E-state index contributed by atoms with van der Waals surface area (Å²) in [6.07, 6.45) is 3.86. The Bertz CT molecular complexity index is 1020. The maximum absolute atomic E-state index is 13.5. The zero-order chi connectivity index (χ0) is 22.3. The lowest BCUT2D eigenvalue weighted by atomic mass is 9.87. The van der Waals surface area contributed by atoms with Gasteiger partial charge in [0.15, 0.2) is 11.6 Å². The monoisotopic (exact) mass is 435 g/mol. The van der Waals surface area contributed by atoms with Crippen LogP contribution in [0.5, 0.6) is 0 Å². The lowest BCUT2D eigenvalue weighted by molar-refractivity contribution is -0.121. The van der Waals surface area contributed by atoms with Crippen LogP contribution in [-0.4, -0.2) is 28.9 Å². The van der Waals surface area contributed by atoms with Crippen LogP contribution in [-0.2, 0) is 17.8 Å². The van der Waals surface area contributed by atoms with E-state index in [1.54, 1.807) is 12.3 Å². The Morgan fingerprint density at radius 2 is 1.72 bits per heavy atom. The summed E-state index contributed by atoms with van der Waals surface area (Å²) in [6, 6.07) is 19.4. The van der Waals surface area contributed by atoms with Crippen molar-refractivity contribution in [3.63, 3.8) is 0 Å². The normalized spacial score (nSPS) is 15.9.